The highest BCUT2D eigenvalue weighted by Crippen LogP contribution is 2.17. The molecule has 0 aliphatic carbocycles. The van der Waals surface area contributed by atoms with Crippen molar-refractivity contribution in [3.8, 4) is 5.75 Å². The minimum absolute atomic E-state index is 0.0839. The van der Waals surface area contributed by atoms with Crippen molar-refractivity contribution in [3.05, 3.63) is 54.1 Å². The maximum absolute atomic E-state index is 12.1. The molecule has 0 aliphatic rings. The van der Waals surface area contributed by atoms with Crippen molar-refractivity contribution in [2.75, 3.05) is 24.3 Å². The number of hydrogen-bond acceptors (Lipinski definition) is 3. The van der Waals surface area contributed by atoms with Gasteiger partial charge in [0.1, 0.15) is 5.75 Å². The maximum atomic E-state index is 12.1. The van der Waals surface area contributed by atoms with E-state index < -0.39 is 0 Å². The van der Waals surface area contributed by atoms with Crippen molar-refractivity contribution >= 4 is 17.3 Å². The Morgan fingerprint density at radius 3 is 2.36 bits per heavy atom. The summed E-state index contributed by atoms with van der Waals surface area (Å²) in [5.41, 5.74) is 3.12. The van der Waals surface area contributed by atoms with Gasteiger partial charge in [-0.25, -0.2) is 0 Å². The zero-order valence-electron chi connectivity index (χ0n) is 15.3. The molecule has 4 nitrogen and oxygen atoms in total. The highest BCUT2D eigenvalue weighted by molar-refractivity contribution is 5.92. The Hall–Kier alpha value is -2.49. The molecule has 0 atom stereocenters. The van der Waals surface area contributed by atoms with Gasteiger partial charge in [-0.1, -0.05) is 26.0 Å². The van der Waals surface area contributed by atoms with Crippen LogP contribution in [-0.4, -0.2) is 19.6 Å². The minimum atomic E-state index is 0.0839. The third kappa shape index (κ3) is 5.82. The van der Waals surface area contributed by atoms with E-state index >= 15 is 0 Å². The molecule has 134 valence electrons. The Morgan fingerprint density at radius 2 is 1.72 bits per heavy atom. The van der Waals surface area contributed by atoms with Crippen molar-refractivity contribution in [3.63, 3.8) is 0 Å². The lowest BCUT2D eigenvalue weighted by Crippen LogP contribution is -2.21. The summed E-state index contributed by atoms with van der Waals surface area (Å²) in [6, 6.07) is 16.0. The van der Waals surface area contributed by atoms with E-state index in [0.717, 1.165) is 42.9 Å². The lowest BCUT2D eigenvalue weighted by molar-refractivity contribution is -0.120. The number of nitrogens with one attached hydrogen (secondary N) is 2. The van der Waals surface area contributed by atoms with Crippen LogP contribution in [0.1, 0.15) is 32.3 Å². The van der Waals surface area contributed by atoms with Crippen molar-refractivity contribution in [1.82, 2.24) is 0 Å². The van der Waals surface area contributed by atoms with Crippen LogP contribution in [0.3, 0.4) is 0 Å². The van der Waals surface area contributed by atoms with Gasteiger partial charge in [0.05, 0.1) is 7.11 Å². The number of amides is 1. The van der Waals surface area contributed by atoms with Crippen LogP contribution in [0, 0.1) is 5.92 Å². The third-order valence-corrected chi connectivity index (χ3v) is 4.39. The Bertz CT molecular complexity index is 664. The van der Waals surface area contributed by atoms with Gasteiger partial charge in [0.2, 0.25) is 5.91 Å². The molecule has 0 fully saturated rings. The number of ether oxygens (including phenoxy) is 1. The zero-order chi connectivity index (χ0) is 18.1. The molecule has 0 spiro atoms. The highest BCUT2D eigenvalue weighted by Gasteiger charge is 2.13. The molecule has 2 aromatic carbocycles. The largest absolute Gasteiger partial charge is 0.497 e. The summed E-state index contributed by atoms with van der Waals surface area (Å²) >= 11 is 0. The first-order valence-corrected chi connectivity index (χ1v) is 8.94. The first-order chi connectivity index (χ1) is 12.2. The summed E-state index contributed by atoms with van der Waals surface area (Å²) in [5, 5.41) is 6.39. The lowest BCUT2D eigenvalue weighted by Gasteiger charge is -2.13. The summed E-state index contributed by atoms with van der Waals surface area (Å²) in [6.07, 6.45) is 2.66. The van der Waals surface area contributed by atoms with Crippen LogP contribution in [0.2, 0.25) is 0 Å². The van der Waals surface area contributed by atoms with Gasteiger partial charge >= 0.3 is 0 Å². The van der Waals surface area contributed by atoms with Crippen molar-refractivity contribution in [1.29, 1.82) is 0 Å². The van der Waals surface area contributed by atoms with E-state index in [9.17, 15) is 4.79 Å². The second-order valence-corrected chi connectivity index (χ2v) is 6.11. The molecule has 0 saturated carbocycles. The topological polar surface area (TPSA) is 50.4 Å². The summed E-state index contributed by atoms with van der Waals surface area (Å²) in [5.74, 6) is 1.07. The van der Waals surface area contributed by atoms with Crippen LogP contribution in [0.15, 0.2) is 48.5 Å². The molecule has 0 saturated heterocycles. The van der Waals surface area contributed by atoms with E-state index in [2.05, 4.69) is 22.8 Å². The first-order valence-electron chi connectivity index (χ1n) is 8.94. The molecule has 25 heavy (non-hydrogen) atoms. The standard InChI is InChI=1S/C21H28N2O2/c1-4-17(5-2)21(24)23-19-11-9-18(10-12-19)22-14-13-16-7-6-8-20(15-16)25-3/h6-12,15,17,22H,4-5,13-14H2,1-3H3,(H,23,24). The van der Waals surface area contributed by atoms with Crippen LogP contribution < -0.4 is 15.4 Å². The van der Waals surface area contributed by atoms with E-state index in [0.29, 0.717) is 0 Å². The number of rotatable bonds is 9. The highest BCUT2D eigenvalue weighted by atomic mass is 16.5. The normalized spacial score (nSPS) is 10.6. The summed E-state index contributed by atoms with van der Waals surface area (Å²) in [7, 11) is 1.68. The fourth-order valence-corrected chi connectivity index (χ4v) is 2.75. The molecule has 0 bridgehead atoms. The number of hydrogen-bond donors (Lipinski definition) is 2. The van der Waals surface area contributed by atoms with Gasteiger partial charge in [-0.2, -0.15) is 0 Å². The number of carbonyl (C=O) groups is 1. The molecule has 0 radical (unpaired) electrons. The number of benzene rings is 2. The van der Waals surface area contributed by atoms with E-state index in [1.807, 2.05) is 50.2 Å². The average molecular weight is 340 g/mol. The molecule has 4 heteroatoms. The smallest absolute Gasteiger partial charge is 0.227 e. The molecule has 2 N–H and O–H groups in total. The van der Waals surface area contributed by atoms with Crippen molar-refractivity contribution in [2.45, 2.75) is 33.1 Å². The van der Waals surface area contributed by atoms with E-state index in [4.69, 9.17) is 4.74 Å². The fraction of sp³-hybridized carbons (Fsp3) is 0.381. The monoisotopic (exact) mass is 340 g/mol. The number of methoxy groups -OCH3 is 1. The van der Waals surface area contributed by atoms with E-state index in [1.54, 1.807) is 7.11 Å². The van der Waals surface area contributed by atoms with Gasteiger partial charge in [-0.05, 0) is 61.2 Å². The van der Waals surface area contributed by atoms with Gasteiger partial charge in [-0.15, -0.1) is 0 Å². The van der Waals surface area contributed by atoms with Crippen LogP contribution in [-0.2, 0) is 11.2 Å². The van der Waals surface area contributed by atoms with Crippen LogP contribution >= 0.6 is 0 Å². The Labute approximate surface area is 150 Å². The summed E-state index contributed by atoms with van der Waals surface area (Å²) < 4.78 is 5.24. The van der Waals surface area contributed by atoms with Crippen molar-refractivity contribution < 1.29 is 9.53 Å². The quantitative estimate of drug-likeness (QED) is 0.694. The summed E-state index contributed by atoms with van der Waals surface area (Å²) in [6.45, 7) is 4.93. The van der Waals surface area contributed by atoms with Gasteiger partial charge in [0.25, 0.3) is 0 Å². The fourth-order valence-electron chi connectivity index (χ4n) is 2.75. The second-order valence-electron chi connectivity index (χ2n) is 6.11. The maximum Gasteiger partial charge on any atom is 0.227 e. The van der Waals surface area contributed by atoms with Crippen LogP contribution in [0.4, 0.5) is 11.4 Å². The van der Waals surface area contributed by atoms with E-state index in [1.165, 1.54) is 5.56 Å². The van der Waals surface area contributed by atoms with Crippen LogP contribution in [0.25, 0.3) is 0 Å². The van der Waals surface area contributed by atoms with Gasteiger partial charge in [0, 0.05) is 23.8 Å². The molecule has 2 aromatic rings. The lowest BCUT2D eigenvalue weighted by atomic mass is 10.0. The second kappa shape index (κ2) is 9.72. The average Bonchev–Trinajstić information content (AvgIpc) is 2.64. The van der Waals surface area contributed by atoms with Gasteiger partial charge in [0.15, 0.2) is 0 Å². The molecule has 0 unspecified atom stereocenters. The molecule has 0 aliphatic heterocycles. The molecular formula is C21H28N2O2. The van der Waals surface area contributed by atoms with Crippen LogP contribution in [0.5, 0.6) is 5.75 Å². The first kappa shape index (κ1) is 18.8. The Morgan fingerprint density at radius 1 is 1.04 bits per heavy atom. The summed E-state index contributed by atoms with van der Waals surface area (Å²) in [4.78, 5) is 12.1. The number of carbonyl (C=O) groups excluding carboxylic acids is 1. The predicted molar refractivity (Wildman–Crippen MR) is 104 cm³/mol. The van der Waals surface area contributed by atoms with Crippen molar-refractivity contribution in [2.24, 2.45) is 5.92 Å². The molecular weight excluding hydrogens is 312 g/mol. The van der Waals surface area contributed by atoms with Gasteiger partial charge in [-0.3, -0.25) is 4.79 Å². The minimum Gasteiger partial charge on any atom is -0.497 e. The Kier molecular flexibility index (Phi) is 7.33. The number of anilines is 2. The predicted octanol–water partition coefficient (Wildman–Crippen LogP) is 4.72. The molecule has 2 rings (SSSR count). The SMILES string of the molecule is CCC(CC)C(=O)Nc1ccc(NCCc2cccc(OC)c2)cc1. The van der Waals surface area contributed by atoms with Gasteiger partial charge < -0.3 is 15.4 Å². The molecule has 0 heterocycles. The zero-order valence-corrected chi connectivity index (χ0v) is 15.3. The molecule has 1 amide bonds. The Balaban J connectivity index is 1.82. The molecule has 0 aromatic heterocycles. The van der Waals surface area contributed by atoms with E-state index in [-0.39, 0.29) is 11.8 Å². The third-order valence-electron chi connectivity index (χ3n) is 4.39.